The maximum atomic E-state index is 14.0. The Bertz CT molecular complexity index is 970. The van der Waals surface area contributed by atoms with Crippen LogP contribution in [0.25, 0.3) is 11.4 Å². The van der Waals surface area contributed by atoms with Crippen molar-refractivity contribution in [3.05, 3.63) is 53.8 Å². The van der Waals surface area contributed by atoms with Crippen LogP contribution in [-0.2, 0) is 24.2 Å². The van der Waals surface area contributed by atoms with Crippen LogP contribution in [0, 0.1) is 5.82 Å². The number of carbonyl (C=O) groups excluding carboxylic acids is 1. The van der Waals surface area contributed by atoms with Gasteiger partial charge >= 0.3 is 0 Å². The number of hydrogen-bond acceptors (Lipinski definition) is 6. The molecule has 0 fully saturated rings. The normalized spacial score (nSPS) is 13.6. The Balaban J connectivity index is 1.65. The number of halogens is 1. The molecule has 1 amide bonds. The van der Waals surface area contributed by atoms with E-state index < -0.39 is 11.7 Å². The summed E-state index contributed by atoms with van der Waals surface area (Å²) in [6.07, 6.45) is 4.88. The summed E-state index contributed by atoms with van der Waals surface area (Å²) in [7, 11) is 0. The average molecular weight is 385 g/mol. The van der Waals surface area contributed by atoms with Crippen LogP contribution < -0.4 is 0 Å². The van der Waals surface area contributed by atoms with Crippen LogP contribution in [0.1, 0.15) is 28.7 Å². The summed E-state index contributed by atoms with van der Waals surface area (Å²) in [6, 6.07) is 2.70. The summed E-state index contributed by atoms with van der Waals surface area (Å²) in [4.78, 5) is 22.5. The van der Waals surface area contributed by atoms with Crippen molar-refractivity contribution >= 4 is 5.91 Å². The lowest BCUT2D eigenvalue weighted by atomic mass is 10.0. The predicted molar refractivity (Wildman–Crippen MR) is 96.9 cm³/mol. The summed E-state index contributed by atoms with van der Waals surface area (Å²) in [6.45, 7) is 4.50. The Morgan fingerprint density at radius 3 is 3.04 bits per heavy atom. The van der Waals surface area contributed by atoms with E-state index in [1.807, 2.05) is 11.6 Å². The van der Waals surface area contributed by atoms with Crippen LogP contribution in [0.2, 0.25) is 0 Å². The second-order valence-electron chi connectivity index (χ2n) is 6.38. The molecule has 4 rings (SSSR count). The standard InChI is InChI=1S/C19H20FN5O3/c1-2-27-9-8-25-16-5-7-24(19(26)18-14(20)4-3-6-21-18)10-13(16)17(23-25)15-11-28-12-22-15/h3-4,6,11-12H,2,5,7-10H2,1H3. The molecule has 0 aliphatic carbocycles. The minimum atomic E-state index is -0.623. The second-order valence-corrected chi connectivity index (χ2v) is 6.38. The third kappa shape index (κ3) is 3.40. The molecule has 1 aliphatic heterocycles. The Kier molecular flexibility index (Phi) is 5.16. The van der Waals surface area contributed by atoms with E-state index in [0.29, 0.717) is 50.7 Å². The quantitative estimate of drug-likeness (QED) is 0.605. The molecule has 9 heteroatoms. The number of nitrogens with zero attached hydrogens (tertiary/aromatic N) is 5. The van der Waals surface area contributed by atoms with Gasteiger partial charge in [-0.25, -0.2) is 14.4 Å². The van der Waals surface area contributed by atoms with E-state index in [-0.39, 0.29) is 5.69 Å². The van der Waals surface area contributed by atoms with Gasteiger partial charge in [0.1, 0.15) is 17.7 Å². The number of ether oxygens (including phenoxy) is 1. The zero-order valence-electron chi connectivity index (χ0n) is 15.5. The number of rotatable bonds is 6. The molecule has 0 atom stereocenters. The summed E-state index contributed by atoms with van der Waals surface area (Å²) in [5.74, 6) is -1.06. The highest BCUT2D eigenvalue weighted by Crippen LogP contribution is 2.30. The van der Waals surface area contributed by atoms with Crippen LogP contribution in [0.3, 0.4) is 0 Å². The van der Waals surface area contributed by atoms with Crippen molar-refractivity contribution in [3.8, 4) is 11.4 Å². The van der Waals surface area contributed by atoms with E-state index in [1.165, 1.54) is 31.0 Å². The largest absolute Gasteiger partial charge is 0.451 e. The molecule has 0 aromatic carbocycles. The van der Waals surface area contributed by atoms with E-state index in [0.717, 1.165) is 11.3 Å². The minimum absolute atomic E-state index is 0.169. The first-order valence-electron chi connectivity index (χ1n) is 9.13. The maximum Gasteiger partial charge on any atom is 0.275 e. The molecule has 8 nitrogen and oxygen atoms in total. The molecule has 0 saturated heterocycles. The number of carbonyl (C=O) groups is 1. The third-order valence-electron chi connectivity index (χ3n) is 4.71. The lowest BCUT2D eigenvalue weighted by Crippen LogP contribution is -2.37. The number of hydrogen-bond donors (Lipinski definition) is 0. The Morgan fingerprint density at radius 1 is 1.39 bits per heavy atom. The molecule has 4 heterocycles. The van der Waals surface area contributed by atoms with Crippen molar-refractivity contribution in [2.24, 2.45) is 0 Å². The van der Waals surface area contributed by atoms with Crippen molar-refractivity contribution in [2.45, 2.75) is 26.4 Å². The topological polar surface area (TPSA) is 86.3 Å². The molecule has 0 bridgehead atoms. The third-order valence-corrected chi connectivity index (χ3v) is 4.71. The van der Waals surface area contributed by atoms with E-state index in [9.17, 15) is 9.18 Å². The first kappa shape index (κ1) is 18.3. The molecular weight excluding hydrogens is 365 g/mol. The van der Waals surface area contributed by atoms with Gasteiger partial charge in [0.25, 0.3) is 5.91 Å². The zero-order chi connectivity index (χ0) is 19.5. The highest BCUT2D eigenvalue weighted by Gasteiger charge is 2.30. The van der Waals surface area contributed by atoms with Crippen LogP contribution >= 0.6 is 0 Å². The lowest BCUT2D eigenvalue weighted by molar-refractivity contribution is 0.0721. The van der Waals surface area contributed by atoms with Gasteiger partial charge in [-0.1, -0.05) is 0 Å². The van der Waals surface area contributed by atoms with Crippen LogP contribution in [0.5, 0.6) is 0 Å². The molecule has 0 N–H and O–H groups in total. The van der Waals surface area contributed by atoms with Crippen LogP contribution in [0.4, 0.5) is 4.39 Å². The molecule has 3 aromatic rings. The zero-order valence-corrected chi connectivity index (χ0v) is 15.5. The van der Waals surface area contributed by atoms with Crippen molar-refractivity contribution in [1.29, 1.82) is 0 Å². The van der Waals surface area contributed by atoms with E-state index >= 15 is 0 Å². The van der Waals surface area contributed by atoms with Gasteiger partial charge in [0.2, 0.25) is 0 Å². The van der Waals surface area contributed by atoms with Gasteiger partial charge in [-0.15, -0.1) is 0 Å². The van der Waals surface area contributed by atoms with Crippen LogP contribution in [0.15, 0.2) is 35.4 Å². The molecule has 3 aromatic heterocycles. The Morgan fingerprint density at radius 2 is 2.29 bits per heavy atom. The van der Waals surface area contributed by atoms with Gasteiger partial charge in [0.15, 0.2) is 17.9 Å². The number of amides is 1. The number of oxazole rings is 1. The molecule has 0 radical (unpaired) electrons. The molecule has 0 spiro atoms. The van der Waals surface area contributed by atoms with Gasteiger partial charge in [-0.2, -0.15) is 5.10 Å². The highest BCUT2D eigenvalue weighted by molar-refractivity contribution is 5.92. The van der Waals surface area contributed by atoms with Gasteiger partial charge in [0.05, 0.1) is 19.7 Å². The van der Waals surface area contributed by atoms with E-state index in [4.69, 9.17) is 9.15 Å². The van der Waals surface area contributed by atoms with Crippen LogP contribution in [-0.4, -0.2) is 50.3 Å². The number of fused-ring (bicyclic) bond motifs is 1. The summed E-state index contributed by atoms with van der Waals surface area (Å²) in [5.41, 5.74) is 3.02. The van der Waals surface area contributed by atoms with Crippen molar-refractivity contribution in [1.82, 2.24) is 24.6 Å². The van der Waals surface area contributed by atoms with Gasteiger partial charge in [-0.3, -0.25) is 9.48 Å². The van der Waals surface area contributed by atoms with Gasteiger partial charge < -0.3 is 14.1 Å². The SMILES string of the molecule is CCOCCn1nc(-c2cocn2)c2c1CCN(C(=O)c1ncccc1F)C2. The molecule has 0 saturated carbocycles. The Labute approximate surface area is 161 Å². The fourth-order valence-corrected chi connectivity index (χ4v) is 3.37. The van der Waals surface area contributed by atoms with Crippen molar-refractivity contribution in [2.75, 3.05) is 19.8 Å². The molecular formula is C19H20FN5O3. The summed E-state index contributed by atoms with van der Waals surface area (Å²) >= 11 is 0. The monoisotopic (exact) mass is 385 g/mol. The molecule has 0 unspecified atom stereocenters. The predicted octanol–water partition coefficient (Wildman–Crippen LogP) is 2.31. The Hall–Kier alpha value is -3.07. The molecule has 146 valence electrons. The van der Waals surface area contributed by atoms with Gasteiger partial charge in [-0.05, 0) is 19.1 Å². The highest BCUT2D eigenvalue weighted by atomic mass is 19.1. The van der Waals surface area contributed by atoms with E-state index in [1.54, 1.807) is 4.90 Å². The van der Waals surface area contributed by atoms with Crippen molar-refractivity contribution < 1.29 is 18.3 Å². The van der Waals surface area contributed by atoms with E-state index in [2.05, 4.69) is 15.1 Å². The first-order valence-corrected chi connectivity index (χ1v) is 9.13. The fourth-order valence-electron chi connectivity index (χ4n) is 3.37. The lowest BCUT2D eigenvalue weighted by Gasteiger charge is -2.27. The number of aromatic nitrogens is 4. The molecule has 1 aliphatic rings. The summed E-state index contributed by atoms with van der Waals surface area (Å²) < 4.78 is 26.5. The second kappa shape index (κ2) is 7.89. The first-order chi connectivity index (χ1) is 13.7. The van der Waals surface area contributed by atoms with Gasteiger partial charge in [0, 0.05) is 37.0 Å². The summed E-state index contributed by atoms with van der Waals surface area (Å²) in [5, 5.41) is 4.68. The number of pyridine rings is 1. The van der Waals surface area contributed by atoms with Crippen molar-refractivity contribution in [3.63, 3.8) is 0 Å². The minimum Gasteiger partial charge on any atom is -0.451 e. The molecule has 28 heavy (non-hydrogen) atoms. The maximum absolute atomic E-state index is 14.0. The smallest absolute Gasteiger partial charge is 0.275 e. The average Bonchev–Trinajstić information content (AvgIpc) is 3.36. The fraction of sp³-hybridized carbons (Fsp3) is 0.368.